The van der Waals surface area contributed by atoms with E-state index in [4.69, 9.17) is 9.57 Å². The van der Waals surface area contributed by atoms with Crippen LogP contribution in [0.5, 0.6) is 0 Å². The van der Waals surface area contributed by atoms with Gasteiger partial charge in [0, 0.05) is 13.3 Å². The van der Waals surface area contributed by atoms with E-state index in [1.807, 2.05) is 6.92 Å². The van der Waals surface area contributed by atoms with Crippen molar-refractivity contribution in [2.45, 2.75) is 64.8 Å². The van der Waals surface area contributed by atoms with Crippen LogP contribution in [-0.4, -0.2) is 30.4 Å². The zero-order valence-corrected chi connectivity index (χ0v) is 13.4. The molecular weight excluding hydrogens is 270 g/mol. The number of hydroxylamine groups is 1. The lowest BCUT2D eigenvalue weighted by Crippen LogP contribution is -2.16. The van der Waals surface area contributed by atoms with Crippen molar-refractivity contribution < 1.29 is 19.5 Å². The summed E-state index contributed by atoms with van der Waals surface area (Å²) in [5, 5.41) is 9.21. The highest BCUT2D eigenvalue weighted by atomic mass is 16.7. The van der Waals surface area contributed by atoms with Crippen molar-refractivity contribution in [3.63, 3.8) is 0 Å². The normalized spacial score (nSPS) is 14.7. The van der Waals surface area contributed by atoms with Gasteiger partial charge in [-0.05, 0) is 45.3 Å². The minimum atomic E-state index is -0.625. The van der Waals surface area contributed by atoms with Gasteiger partial charge in [0.1, 0.15) is 0 Å². The summed E-state index contributed by atoms with van der Waals surface area (Å²) in [6, 6.07) is 0. The first-order valence-corrected chi connectivity index (χ1v) is 7.52. The van der Waals surface area contributed by atoms with Crippen LogP contribution in [0.1, 0.15) is 52.4 Å². The SMILES string of the molecule is COC(O)CCCCCCC(C)ON/C=C\C=C/C(C)=O. The molecule has 0 saturated heterocycles. The van der Waals surface area contributed by atoms with E-state index in [0.29, 0.717) is 6.42 Å². The molecule has 0 rings (SSSR count). The second kappa shape index (κ2) is 13.8. The van der Waals surface area contributed by atoms with Gasteiger partial charge in [0.2, 0.25) is 0 Å². The predicted molar refractivity (Wildman–Crippen MR) is 83.4 cm³/mol. The minimum absolute atomic E-state index is 0.0203. The van der Waals surface area contributed by atoms with Crippen molar-refractivity contribution >= 4 is 5.78 Å². The number of carbonyl (C=O) groups is 1. The molecule has 0 aliphatic carbocycles. The van der Waals surface area contributed by atoms with Gasteiger partial charge in [0.15, 0.2) is 12.1 Å². The molecule has 0 aromatic carbocycles. The Hall–Kier alpha value is -1.17. The quantitative estimate of drug-likeness (QED) is 0.180. The molecule has 5 nitrogen and oxygen atoms in total. The number of hydrogen-bond acceptors (Lipinski definition) is 5. The summed E-state index contributed by atoms with van der Waals surface area (Å²) in [4.78, 5) is 16.0. The Morgan fingerprint density at radius 2 is 1.86 bits per heavy atom. The van der Waals surface area contributed by atoms with Crippen molar-refractivity contribution in [3.8, 4) is 0 Å². The lowest BCUT2D eigenvalue weighted by molar-refractivity contribution is -0.112. The van der Waals surface area contributed by atoms with Gasteiger partial charge in [-0.2, -0.15) is 0 Å². The summed E-state index contributed by atoms with van der Waals surface area (Å²) >= 11 is 0. The van der Waals surface area contributed by atoms with E-state index in [9.17, 15) is 9.90 Å². The van der Waals surface area contributed by atoms with Gasteiger partial charge in [-0.25, -0.2) is 0 Å². The van der Waals surface area contributed by atoms with E-state index >= 15 is 0 Å². The molecule has 0 aromatic heterocycles. The van der Waals surface area contributed by atoms with Crippen LogP contribution in [-0.2, 0) is 14.4 Å². The molecule has 5 heteroatoms. The summed E-state index contributed by atoms with van der Waals surface area (Å²) in [6.07, 6.45) is 12.0. The van der Waals surface area contributed by atoms with Gasteiger partial charge in [0.05, 0.1) is 6.10 Å². The third-order valence-corrected chi connectivity index (χ3v) is 2.96. The fraction of sp³-hybridized carbons (Fsp3) is 0.688. The summed E-state index contributed by atoms with van der Waals surface area (Å²) < 4.78 is 4.78. The second-order valence-electron chi connectivity index (χ2n) is 5.06. The lowest BCUT2D eigenvalue weighted by Gasteiger charge is -2.12. The smallest absolute Gasteiger partial charge is 0.154 e. The Bertz CT molecular complexity index is 315. The van der Waals surface area contributed by atoms with Gasteiger partial charge in [-0.1, -0.05) is 25.3 Å². The summed E-state index contributed by atoms with van der Waals surface area (Å²) in [5.41, 5.74) is 2.74. The maximum atomic E-state index is 10.6. The number of aliphatic hydroxyl groups excluding tert-OH is 1. The standard InChI is InChI=1S/C16H29NO4/c1-14(18)10-8-9-13-17-21-15(2)11-6-4-5-7-12-16(19)20-3/h8-10,13,15-17,19H,4-7,11-12H2,1-3H3/b10-8-,13-9-. The van der Waals surface area contributed by atoms with Crippen molar-refractivity contribution in [1.82, 2.24) is 5.48 Å². The topological polar surface area (TPSA) is 67.8 Å². The van der Waals surface area contributed by atoms with Crippen LogP contribution >= 0.6 is 0 Å². The molecule has 2 N–H and O–H groups in total. The van der Waals surface area contributed by atoms with Crippen LogP contribution in [0.3, 0.4) is 0 Å². The first-order chi connectivity index (χ1) is 10.1. The largest absolute Gasteiger partial charge is 0.368 e. The molecule has 0 spiro atoms. The molecule has 0 saturated carbocycles. The second-order valence-corrected chi connectivity index (χ2v) is 5.06. The van der Waals surface area contributed by atoms with Gasteiger partial charge in [-0.3, -0.25) is 15.1 Å². The molecule has 0 radical (unpaired) electrons. The number of methoxy groups -OCH3 is 1. The average Bonchev–Trinajstić information content (AvgIpc) is 2.45. The number of ether oxygens (including phenoxy) is 1. The molecule has 0 amide bonds. The monoisotopic (exact) mass is 299 g/mol. The Morgan fingerprint density at radius 3 is 2.48 bits per heavy atom. The number of ketones is 1. The Kier molecular flexibility index (Phi) is 13.0. The number of allylic oxidation sites excluding steroid dienone is 3. The number of rotatable bonds is 13. The molecule has 2 atom stereocenters. The van der Waals surface area contributed by atoms with E-state index in [1.165, 1.54) is 20.1 Å². The molecule has 0 bridgehead atoms. The first kappa shape index (κ1) is 19.8. The van der Waals surface area contributed by atoms with Crippen LogP contribution in [0, 0.1) is 0 Å². The first-order valence-electron chi connectivity index (χ1n) is 7.52. The van der Waals surface area contributed by atoms with E-state index in [-0.39, 0.29) is 11.9 Å². The Balaban J connectivity index is 3.42. The molecule has 21 heavy (non-hydrogen) atoms. The molecule has 0 aromatic rings. The number of hydrogen-bond donors (Lipinski definition) is 2. The maximum Gasteiger partial charge on any atom is 0.154 e. The third kappa shape index (κ3) is 15.0. The van der Waals surface area contributed by atoms with Crippen molar-refractivity contribution in [1.29, 1.82) is 0 Å². The van der Waals surface area contributed by atoms with Gasteiger partial charge < -0.3 is 9.84 Å². The Morgan fingerprint density at radius 1 is 1.19 bits per heavy atom. The van der Waals surface area contributed by atoms with Crippen LogP contribution in [0.4, 0.5) is 0 Å². The van der Waals surface area contributed by atoms with Crippen molar-refractivity contribution in [3.05, 3.63) is 24.4 Å². The minimum Gasteiger partial charge on any atom is -0.368 e. The van der Waals surface area contributed by atoms with Gasteiger partial charge in [-0.15, -0.1) is 0 Å². The number of nitrogens with one attached hydrogen (secondary N) is 1. The summed E-state index contributed by atoms with van der Waals surface area (Å²) in [5.74, 6) is 0.0203. The van der Waals surface area contributed by atoms with Gasteiger partial charge in [0.25, 0.3) is 0 Å². The van der Waals surface area contributed by atoms with Crippen LogP contribution in [0.15, 0.2) is 24.4 Å². The van der Waals surface area contributed by atoms with Gasteiger partial charge >= 0.3 is 0 Å². The van der Waals surface area contributed by atoms with E-state index in [1.54, 1.807) is 18.4 Å². The fourth-order valence-electron chi connectivity index (χ4n) is 1.72. The predicted octanol–water partition coefficient (Wildman–Crippen LogP) is 2.86. The summed E-state index contributed by atoms with van der Waals surface area (Å²) in [6.45, 7) is 3.52. The molecule has 0 heterocycles. The van der Waals surface area contributed by atoms with Crippen LogP contribution in [0.2, 0.25) is 0 Å². The van der Waals surface area contributed by atoms with Crippen molar-refractivity contribution in [2.24, 2.45) is 0 Å². The fourth-order valence-corrected chi connectivity index (χ4v) is 1.72. The highest BCUT2D eigenvalue weighted by molar-refractivity contribution is 5.87. The van der Waals surface area contributed by atoms with E-state index < -0.39 is 6.29 Å². The number of aliphatic hydroxyl groups is 1. The highest BCUT2D eigenvalue weighted by Gasteiger charge is 2.03. The van der Waals surface area contributed by atoms with Crippen molar-refractivity contribution in [2.75, 3.05) is 7.11 Å². The zero-order valence-electron chi connectivity index (χ0n) is 13.4. The third-order valence-electron chi connectivity index (χ3n) is 2.96. The maximum absolute atomic E-state index is 10.6. The number of carbonyl (C=O) groups excluding carboxylic acids is 1. The van der Waals surface area contributed by atoms with Crippen LogP contribution < -0.4 is 5.48 Å². The zero-order chi connectivity index (χ0) is 15.9. The van der Waals surface area contributed by atoms with Crippen LogP contribution in [0.25, 0.3) is 0 Å². The van der Waals surface area contributed by atoms with E-state index in [0.717, 1.165) is 32.1 Å². The average molecular weight is 299 g/mol. The molecule has 0 aliphatic rings. The molecular formula is C16H29NO4. The number of unbranched alkanes of at least 4 members (excludes halogenated alkanes) is 3. The lowest BCUT2D eigenvalue weighted by atomic mass is 10.1. The molecule has 122 valence electrons. The molecule has 0 aliphatic heterocycles. The molecule has 2 unspecified atom stereocenters. The summed E-state index contributed by atoms with van der Waals surface area (Å²) in [7, 11) is 1.51. The highest BCUT2D eigenvalue weighted by Crippen LogP contribution is 2.10. The van der Waals surface area contributed by atoms with E-state index in [2.05, 4.69) is 5.48 Å². The molecule has 0 fully saturated rings. The Labute approximate surface area is 128 Å².